The first-order chi connectivity index (χ1) is 9.62. The molecule has 7 heteroatoms. The van der Waals surface area contributed by atoms with E-state index in [9.17, 15) is 0 Å². The SMILES string of the molecule is CCN(CC)c1ccc(Nc2nc(Cl)nc(Cl)n2)cc1. The molecule has 0 spiro atoms. The van der Waals surface area contributed by atoms with Crippen molar-refractivity contribution in [1.29, 1.82) is 0 Å². The number of nitrogens with one attached hydrogen (secondary N) is 1. The highest BCUT2D eigenvalue weighted by Crippen LogP contribution is 2.20. The van der Waals surface area contributed by atoms with Crippen LogP contribution in [0.1, 0.15) is 13.8 Å². The predicted octanol–water partition coefficient (Wildman–Crippen LogP) is 3.77. The Labute approximate surface area is 128 Å². The van der Waals surface area contributed by atoms with Crippen LogP contribution in [-0.2, 0) is 0 Å². The van der Waals surface area contributed by atoms with Gasteiger partial charge in [-0.05, 0) is 61.3 Å². The molecule has 0 aliphatic heterocycles. The molecular formula is C13H15Cl2N5. The first-order valence-corrected chi connectivity index (χ1v) is 7.07. The number of benzene rings is 1. The quantitative estimate of drug-likeness (QED) is 0.911. The molecule has 0 aliphatic rings. The van der Waals surface area contributed by atoms with Gasteiger partial charge < -0.3 is 10.2 Å². The van der Waals surface area contributed by atoms with E-state index in [1.165, 1.54) is 5.69 Å². The standard InChI is InChI=1S/C13H15Cl2N5/c1-3-20(4-2)10-7-5-9(6-8-10)16-13-18-11(14)17-12(15)19-13/h5-8H,3-4H2,1-2H3,(H,16,17,18,19). The molecule has 1 aromatic carbocycles. The van der Waals surface area contributed by atoms with E-state index in [4.69, 9.17) is 23.2 Å². The van der Waals surface area contributed by atoms with Gasteiger partial charge in [-0.1, -0.05) is 0 Å². The minimum Gasteiger partial charge on any atom is -0.372 e. The van der Waals surface area contributed by atoms with Gasteiger partial charge in [-0.15, -0.1) is 0 Å². The number of anilines is 3. The first kappa shape index (κ1) is 14.8. The number of hydrogen-bond acceptors (Lipinski definition) is 5. The monoisotopic (exact) mass is 311 g/mol. The maximum absolute atomic E-state index is 5.73. The summed E-state index contributed by atoms with van der Waals surface area (Å²) < 4.78 is 0. The van der Waals surface area contributed by atoms with Crippen LogP contribution in [0.4, 0.5) is 17.3 Å². The average Bonchev–Trinajstić information content (AvgIpc) is 2.41. The van der Waals surface area contributed by atoms with Gasteiger partial charge in [0.15, 0.2) is 0 Å². The third kappa shape index (κ3) is 3.71. The Morgan fingerprint density at radius 1 is 0.950 bits per heavy atom. The molecule has 20 heavy (non-hydrogen) atoms. The molecule has 0 unspecified atom stereocenters. The lowest BCUT2D eigenvalue weighted by Crippen LogP contribution is -2.21. The zero-order valence-electron chi connectivity index (χ0n) is 11.3. The van der Waals surface area contributed by atoms with Crippen LogP contribution in [0.25, 0.3) is 0 Å². The summed E-state index contributed by atoms with van der Waals surface area (Å²) in [5.41, 5.74) is 2.03. The number of halogens is 2. The van der Waals surface area contributed by atoms with E-state index in [1.54, 1.807) is 0 Å². The summed E-state index contributed by atoms with van der Waals surface area (Å²) in [5.74, 6) is 0.325. The van der Waals surface area contributed by atoms with Crippen LogP contribution in [0.15, 0.2) is 24.3 Å². The minimum absolute atomic E-state index is 0.0623. The van der Waals surface area contributed by atoms with Crippen molar-refractivity contribution in [3.63, 3.8) is 0 Å². The fourth-order valence-electron chi connectivity index (χ4n) is 1.86. The van der Waals surface area contributed by atoms with Crippen molar-refractivity contribution in [3.05, 3.63) is 34.8 Å². The highest BCUT2D eigenvalue weighted by molar-refractivity contribution is 6.31. The third-order valence-corrected chi connectivity index (χ3v) is 3.17. The smallest absolute Gasteiger partial charge is 0.232 e. The zero-order valence-corrected chi connectivity index (χ0v) is 12.8. The predicted molar refractivity (Wildman–Crippen MR) is 83.1 cm³/mol. The molecule has 0 radical (unpaired) electrons. The highest BCUT2D eigenvalue weighted by Gasteiger charge is 2.05. The average molecular weight is 312 g/mol. The van der Waals surface area contributed by atoms with Crippen molar-refractivity contribution in [2.75, 3.05) is 23.3 Å². The van der Waals surface area contributed by atoms with Gasteiger partial charge >= 0.3 is 0 Å². The molecular weight excluding hydrogens is 297 g/mol. The maximum atomic E-state index is 5.73. The van der Waals surface area contributed by atoms with Crippen LogP contribution in [0, 0.1) is 0 Å². The van der Waals surface area contributed by atoms with Crippen molar-refractivity contribution in [3.8, 4) is 0 Å². The molecule has 0 aliphatic carbocycles. The summed E-state index contributed by atoms with van der Waals surface area (Å²) in [5, 5.41) is 3.16. The minimum atomic E-state index is 0.0623. The number of nitrogens with zero attached hydrogens (tertiary/aromatic N) is 4. The summed E-state index contributed by atoms with van der Waals surface area (Å²) in [4.78, 5) is 13.9. The summed E-state index contributed by atoms with van der Waals surface area (Å²) in [6.07, 6.45) is 0. The second-order valence-electron chi connectivity index (χ2n) is 4.04. The zero-order chi connectivity index (χ0) is 14.5. The lowest BCUT2D eigenvalue weighted by Gasteiger charge is -2.21. The van der Waals surface area contributed by atoms with Crippen molar-refractivity contribution in [2.45, 2.75) is 13.8 Å². The lowest BCUT2D eigenvalue weighted by molar-refractivity contribution is 0.866. The summed E-state index contributed by atoms with van der Waals surface area (Å²) in [7, 11) is 0. The van der Waals surface area contributed by atoms with Gasteiger partial charge in [0.25, 0.3) is 0 Å². The summed E-state index contributed by atoms with van der Waals surface area (Å²) >= 11 is 11.5. The van der Waals surface area contributed by atoms with Gasteiger partial charge in [-0.25, -0.2) is 0 Å². The Morgan fingerprint density at radius 3 is 2.00 bits per heavy atom. The van der Waals surface area contributed by atoms with Crippen LogP contribution >= 0.6 is 23.2 Å². The van der Waals surface area contributed by atoms with E-state index >= 15 is 0 Å². The van der Waals surface area contributed by atoms with E-state index < -0.39 is 0 Å². The summed E-state index contributed by atoms with van der Waals surface area (Å²) in [6.45, 7) is 6.21. The van der Waals surface area contributed by atoms with Crippen LogP contribution in [0.3, 0.4) is 0 Å². The van der Waals surface area contributed by atoms with Crippen molar-refractivity contribution < 1.29 is 0 Å². The summed E-state index contributed by atoms with van der Waals surface area (Å²) in [6, 6.07) is 8.00. The molecule has 2 aromatic rings. The molecule has 5 nitrogen and oxygen atoms in total. The molecule has 0 saturated heterocycles. The van der Waals surface area contributed by atoms with Crippen LogP contribution < -0.4 is 10.2 Å². The van der Waals surface area contributed by atoms with E-state index in [0.717, 1.165) is 18.8 Å². The van der Waals surface area contributed by atoms with Gasteiger partial charge in [0.1, 0.15) is 0 Å². The Morgan fingerprint density at radius 2 is 1.50 bits per heavy atom. The molecule has 1 heterocycles. The van der Waals surface area contributed by atoms with E-state index in [1.807, 2.05) is 24.3 Å². The fourth-order valence-corrected chi connectivity index (χ4v) is 2.22. The molecule has 106 valence electrons. The molecule has 0 atom stereocenters. The molecule has 1 aromatic heterocycles. The van der Waals surface area contributed by atoms with Crippen LogP contribution in [0.5, 0.6) is 0 Å². The number of rotatable bonds is 5. The van der Waals surface area contributed by atoms with Crippen LogP contribution in [-0.4, -0.2) is 28.0 Å². The largest absolute Gasteiger partial charge is 0.372 e. The number of hydrogen-bond donors (Lipinski definition) is 1. The topological polar surface area (TPSA) is 53.9 Å². The first-order valence-electron chi connectivity index (χ1n) is 6.31. The van der Waals surface area contributed by atoms with E-state index in [-0.39, 0.29) is 10.6 Å². The second kappa shape index (κ2) is 6.72. The van der Waals surface area contributed by atoms with Crippen molar-refractivity contribution in [2.24, 2.45) is 0 Å². The highest BCUT2D eigenvalue weighted by atomic mass is 35.5. The lowest BCUT2D eigenvalue weighted by atomic mass is 10.2. The third-order valence-electron chi connectivity index (χ3n) is 2.83. The molecule has 2 rings (SSSR count). The van der Waals surface area contributed by atoms with Gasteiger partial charge in [-0.3, -0.25) is 0 Å². The maximum Gasteiger partial charge on any atom is 0.232 e. The normalized spacial score (nSPS) is 10.4. The Kier molecular flexibility index (Phi) is 4.98. The van der Waals surface area contributed by atoms with E-state index in [2.05, 4.69) is 39.0 Å². The van der Waals surface area contributed by atoms with Gasteiger partial charge in [0, 0.05) is 24.5 Å². The van der Waals surface area contributed by atoms with Gasteiger partial charge in [0.2, 0.25) is 16.5 Å². The second-order valence-corrected chi connectivity index (χ2v) is 4.72. The van der Waals surface area contributed by atoms with Crippen molar-refractivity contribution in [1.82, 2.24) is 15.0 Å². The Bertz CT molecular complexity index is 549. The van der Waals surface area contributed by atoms with Crippen LogP contribution in [0.2, 0.25) is 10.6 Å². The van der Waals surface area contributed by atoms with Gasteiger partial charge in [-0.2, -0.15) is 15.0 Å². The van der Waals surface area contributed by atoms with E-state index in [0.29, 0.717) is 5.95 Å². The number of aromatic nitrogens is 3. The van der Waals surface area contributed by atoms with Gasteiger partial charge in [0.05, 0.1) is 0 Å². The molecule has 0 bridgehead atoms. The molecule has 0 saturated carbocycles. The Balaban J connectivity index is 2.14. The Hall–Kier alpha value is -1.59. The molecule has 1 N–H and O–H groups in total. The fraction of sp³-hybridized carbons (Fsp3) is 0.308. The molecule has 0 amide bonds. The molecule has 0 fully saturated rings. The van der Waals surface area contributed by atoms with Crippen molar-refractivity contribution >= 4 is 40.5 Å².